The maximum absolute atomic E-state index is 12.0. The second-order valence-electron chi connectivity index (χ2n) is 6.58. The molecule has 152 valence electrons. The van der Waals surface area contributed by atoms with Gasteiger partial charge < -0.3 is 19.9 Å². The highest BCUT2D eigenvalue weighted by Gasteiger charge is 2.03. The molecule has 0 atom stereocenters. The van der Waals surface area contributed by atoms with Gasteiger partial charge in [0.1, 0.15) is 11.5 Å². The number of hydrogen-bond acceptors (Lipinski definition) is 4. The van der Waals surface area contributed by atoms with Gasteiger partial charge in [-0.3, -0.25) is 4.79 Å². The first-order chi connectivity index (χ1) is 14.6. The first kappa shape index (κ1) is 20.7. The molecule has 0 aliphatic rings. The zero-order valence-corrected chi connectivity index (χ0v) is 16.4. The predicted octanol–water partition coefficient (Wildman–Crippen LogP) is 4.11. The summed E-state index contributed by atoms with van der Waals surface area (Å²) in [5.41, 5.74) is 1.20. The van der Waals surface area contributed by atoms with Crippen molar-refractivity contribution in [2.75, 3.05) is 11.9 Å². The van der Waals surface area contributed by atoms with E-state index in [2.05, 4.69) is 16.7 Å². The fraction of sp³-hybridized carbons (Fsp3) is 0.174. The molecule has 1 heterocycles. The van der Waals surface area contributed by atoms with E-state index in [0.717, 1.165) is 12.8 Å². The van der Waals surface area contributed by atoms with Crippen molar-refractivity contribution in [1.82, 2.24) is 9.88 Å². The van der Waals surface area contributed by atoms with Gasteiger partial charge in [-0.25, -0.2) is 4.79 Å². The van der Waals surface area contributed by atoms with Crippen molar-refractivity contribution in [2.45, 2.75) is 19.4 Å². The Kier molecular flexibility index (Phi) is 7.23. The minimum atomic E-state index is -0.285. The number of pyridine rings is 1. The van der Waals surface area contributed by atoms with Gasteiger partial charge in [0.05, 0.1) is 11.6 Å². The third-order valence-electron chi connectivity index (χ3n) is 4.34. The van der Waals surface area contributed by atoms with E-state index in [1.807, 2.05) is 6.07 Å². The molecule has 1 aromatic heterocycles. The maximum Gasteiger partial charge on any atom is 0.319 e. The lowest BCUT2D eigenvalue weighted by atomic mass is 10.2. The van der Waals surface area contributed by atoms with Crippen molar-refractivity contribution in [3.63, 3.8) is 0 Å². The fourth-order valence-electron chi connectivity index (χ4n) is 2.77. The Morgan fingerprint density at radius 2 is 1.67 bits per heavy atom. The van der Waals surface area contributed by atoms with E-state index < -0.39 is 0 Å². The molecule has 30 heavy (non-hydrogen) atoms. The van der Waals surface area contributed by atoms with Crippen LogP contribution in [0.3, 0.4) is 0 Å². The summed E-state index contributed by atoms with van der Waals surface area (Å²) in [7, 11) is 0. The van der Waals surface area contributed by atoms with Gasteiger partial charge in [-0.15, -0.1) is 0 Å². The highest BCUT2D eigenvalue weighted by atomic mass is 16.5. The van der Waals surface area contributed by atoms with Crippen molar-refractivity contribution in [1.29, 1.82) is 5.26 Å². The van der Waals surface area contributed by atoms with Gasteiger partial charge in [-0.05, 0) is 67.4 Å². The van der Waals surface area contributed by atoms with Gasteiger partial charge in [0.25, 0.3) is 0 Å². The van der Waals surface area contributed by atoms with Crippen LogP contribution in [0.25, 0.3) is 0 Å². The third-order valence-corrected chi connectivity index (χ3v) is 4.34. The molecule has 0 saturated carbocycles. The lowest BCUT2D eigenvalue weighted by molar-refractivity contribution is 0.252. The predicted molar refractivity (Wildman–Crippen MR) is 115 cm³/mol. The topological polar surface area (TPSA) is 96.1 Å². The molecule has 3 rings (SSSR count). The largest absolute Gasteiger partial charge is 0.457 e. The monoisotopic (exact) mass is 402 g/mol. The summed E-state index contributed by atoms with van der Waals surface area (Å²) in [6.07, 6.45) is 3.33. The molecule has 0 bridgehead atoms. The van der Waals surface area contributed by atoms with Crippen LogP contribution in [0.5, 0.6) is 11.5 Å². The Hall–Kier alpha value is -4.05. The van der Waals surface area contributed by atoms with Crippen LogP contribution in [-0.4, -0.2) is 17.1 Å². The highest BCUT2D eigenvalue weighted by molar-refractivity contribution is 5.89. The molecule has 0 fully saturated rings. The molecular weight excluding hydrogens is 380 g/mol. The molecule has 2 aromatic carbocycles. The summed E-state index contributed by atoms with van der Waals surface area (Å²) in [5, 5.41) is 14.4. The molecule has 7 nitrogen and oxygen atoms in total. The number of aromatic nitrogens is 1. The number of benzene rings is 2. The number of rotatable bonds is 8. The molecule has 7 heteroatoms. The summed E-state index contributed by atoms with van der Waals surface area (Å²) in [6.45, 7) is 1.15. The average Bonchev–Trinajstić information content (AvgIpc) is 2.76. The van der Waals surface area contributed by atoms with Crippen LogP contribution in [0.4, 0.5) is 10.5 Å². The van der Waals surface area contributed by atoms with Gasteiger partial charge in [0, 0.05) is 31.0 Å². The van der Waals surface area contributed by atoms with Crippen LogP contribution in [0.2, 0.25) is 0 Å². The van der Waals surface area contributed by atoms with E-state index >= 15 is 0 Å². The molecule has 0 aliphatic heterocycles. The van der Waals surface area contributed by atoms with E-state index in [-0.39, 0.29) is 11.6 Å². The second-order valence-corrected chi connectivity index (χ2v) is 6.58. The van der Waals surface area contributed by atoms with E-state index in [1.54, 1.807) is 65.4 Å². The van der Waals surface area contributed by atoms with Gasteiger partial charge in [0.15, 0.2) is 0 Å². The van der Waals surface area contributed by atoms with Crippen LogP contribution in [0.15, 0.2) is 77.7 Å². The van der Waals surface area contributed by atoms with Gasteiger partial charge in [-0.2, -0.15) is 5.26 Å². The quantitative estimate of drug-likeness (QED) is 0.554. The molecule has 0 radical (unpaired) electrons. The molecular formula is C23H22N4O3. The SMILES string of the molecule is N#Cc1ccc(Oc2ccc(NC(=O)NCCCCn3ccccc3=O)cc2)cc1. The standard InChI is InChI=1S/C23H22N4O3/c24-17-18-6-10-20(11-7-18)30-21-12-8-19(9-13-21)26-23(29)25-14-2-4-16-27-15-3-1-5-22(27)28/h1,3,5-13,15H,2,4,14,16H2,(H2,25,26,29). The number of anilines is 1. The summed E-state index contributed by atoms with van der Waals surface area (Å²) >= 11 is 0. The number of urea groups is 1. The minimum absolute atomic E-state index is 0.0187. The Morgan fingerprint density at radius 3 is 2.33 bits per heavy atom. The number of nitrogens with one attached hydrogen (secondary N) is 2. The molecule has 2 N–H and O–H groups in total. The van der Waals surface area contributed by atoms with Crippen molar-refractivity contribution in [3.8, 4) is 17.6 Å². The summed E-state index contributed by atoms with van der Waals surface area (Å²) in [6, 6.07) is 20.7. The molecule has 0 saturated heterocycles. The number of amides is 2. The Bertz CT molecular complexity index is 1070. The van der Waals surface area contributed by atoms with Crippen LogP contribution in [0.1, 0.15) is 18.4 Å². The average molecular weight is 402 g/mol. The maximum atomic E-state index is 12.0. The molecule has 3 aromatic rings. The highest BCUT2D eigenvalue weighted by Crippen LogP contribution is 2.23. The van der Waals surface area contributed by atoms with Crippen molar-refractivity contribution >= 4 is 11.7 Å². The number of hydrogen-bond donors (Lipinski definition) is 2. The van der Waals surface area contributed by atoms with Crippen LogP contribution >= 0.6 is 0 Å². The second kappa shape index (κ2) is 10.5. The lowest BCUT2D eigenvalue weighted by Gasteiger charge is -2.10. The fourth-order valence-corrected chi connectivity index (χ4v) is 2.77. The molecule has 0 aliphatic carbocycles. The first-order valence-electron chi connectivity index (χ1n) is 9.62. The number of nitrogens with zero attached hydrogens (tertiary/aromatic N) is 2. The van der Waals surface area contributed by atoms with Crippen LogP contribution in [-0.2, 0) is 6.54 Å². The summed E-state index contributed by atoms with van der Waals surface area (Å²) < 4.78 is 7.37. The van der Waals surface area contributed by atoms with E-state index in [0.29, 0.717) is 35.8 Å². The normalized spacial score (nSPS) is 10.1. The smallest absolute Gasteiger partial charge is 0.319 e. The first-order valence-corrected chi connectivity index (χ1v) is 9.62. The summed E-state index contributed by atoms with van der Waals surface area (Å²) in [4.78, 5) is 23.6. The zero-order valence-electron chi connectivity index (χ0n) is 16.4. The lowest BCUT2D eigenvalue weighted by Crippen LogP contribution is -2.29. The number of nitriles is 1. The Morgan fingerprint density at radius 1 is 0.967 bits per heavy atom. The van der Waals surface area contributed by atoms with Crippen LogP contribution in [0, 0.1) is 11.3 Å². The van der Waals surface area contributed by atoms with Gasteiger partial charge in [-0.1, -0.05) is 6.07 Å². The van der Waals surface area contributed by atoms with E-state index in [4.69, 9.17) is 10.00 Å². The van der Waals surface area contributed by atoms with E-state index in [9.17, 15) is 9.59 Å². The van der Waals surface area contributed by atoms with Crippen molar-refractivity contribution in [3.05, 3.63) is 88.8 Å². The number of aryl methyl sites for hydroxylation is 1. The molecule has 0 unspecified atom stereocenters. The minimum Gasteiger partial charge on any atom is -0.457 e. The molecule has 2 amide bonds. The zero-order chi connectivity index (χ0) is 21.2. The number of unbranched alkanes of at least 4 members (excludes halogenated alkanes) is 1. The van der Waals surface area contributed by atoms with Gasteiger partial charge in [0.2, 0.25) is 5.56 Å². The van der Waals surface area contributed by atoms with Gasteiger partial charge >= 0.3 is 6.03 Å². The Balaban J connectivity index is 1.38. The van der Waals surface area contributed by atoms with Crippen LogP contribution < -0.4 is 20.9 Å². The molecule has 0 spiro atoms. The number of carbonyl (C=O) groups is 1. The van der Waals surface area contributed by atoms with E-state index in [1.165, 1.54) is 6.07 Å². The Labute approximate surface area is 174 Å². The van der Waals surface area contributed by atoms with Crippen molar-refractivity contribution < 1.29 is 9.53 Å². The van der Waals surface area contributed by atoms with Crippen molar-refractivity contribution in [2.24, 2.45) is 0 Å². The summed E-state index contributed by atoms with van der Waals surface area (Å²) in [5.74, 6) is 1.26. The number of ether oxygens (including phenoxy) is 1. The third kappa shape index (κ3) is 6.24. The number of carbonyl (C=O) groups excluding carboxylic acids is 1.